The number of rotatable bonds is 8. The Balaban J connectivity index is 1.76. The van der Waals surface area contributed by atoms with Gasteiger partial charge < -0.3 is 15.4 Å². The lowest BCUT2D eigenvalue weighted by molar-refractivity contribution is -0.137. The van der Waals surface area contributed by atoms with Crippen LogP contribution < -0.4 is 10.6 Å². The van der Waals surface area contributed by atoms with E-state index in [1.54, 1.807) is 19.2 Å². The number of benzene rings is 1. The van der Waals surface area contributed by atoms with Crippen molar-refractivity contribution < 1.29 is 18.7 Å². The number of ether oxygens (including phenoxy) is 1. The van der Waals surface area contributed by atoms with Crippen molar-refractivity contribution in [2.45, 2.75) is 19.3 Å². The molecule has 0 aliphatic heterocycles. The maximum atomic E-state index is 12.8. The Kier molecular flexibility index (Phi) is 5.49. The Labute approximate surface area is 129 Å². The SMILES string of the molecule is COCCNC(=O)C1(C(=O)NCCc2ccc(F)cc2)CC1. The van der Waals surface area contributed by atoms with Crippen molar-refractivity contribution in [2.75, 3.05) is 26.8 Å². The highest BCUT2D eigenvalue weighted by atomic mass is 19.1. The standard InChI is InChI=1S/C16H21FN2O3/c1-22-11-10-19-15(21)16(7-8-16)14(20)18-9-6-12-2-4-13(17)5-3-12/h2-5H,6-11H2,1H3,(H,18,20)(H,19,21). The summed E-state index contributed by atoms with van der Waals surface area (Å²) in [5.74, 6) is -0.745. The Hall–Kier alpha value is -1.95. The Morgan fingerprint density at radius 2 is 1.73 bits per heavy atom. The minimum atomic E-state index is -0.906. The first-order valence-electron chi connectivity index (χ1n) is 7.38. The monoisotopic (exact) mass is 308 g/mol. The molecule has 1 aromatic carbocycles. The van der Waals surface area contributed by atoms with Crippen molar-refractivity contribution in [1.29, 1.82) is 0 Å². The molecule has 120 valence electrons. The fourth-order valence-corrected chi connectivity index (χ4v) is 2.26. The molecule has 1 fully saturated rings. The second kappa shape index (κ2) is 7.35. The quantitative estimate of drug-likeness (QED) is 0.557. The third kappa shape index (κ3) is 4.04. The summed E-state index contributed by atoms with van der Waals surface area (Å²) in [6.07, 6.45) is 1.76. The largest absolute Gasteiger partial charge is 0.383 e. The zero-order chi connectivity index (χ0) is 16.0. The van der Waals surface area contributed by atoms with Crippen molar-refractivity contribution >= 4 is 11.8 Å². The number of carbonyl (C=O) groups is 2. The molecule has 0 saturated heterocycles. The molecular weight excluding hydrogens is 287 g/mol. The molecule has 0 bridgehead atoms. The molecule has 0 aromatic heterocycles. The van der Waals surface area contributed by atoms with Gasteiger partial charge in [-0.2, -0.15) is 0 Å². The average Bonchev–Trinajstić information content (AvgIpc) is 3.31. The predicted molar refractivity (Wildman–Crippen MR) is 79.7 cm³/mol. The first kappa shape index (κ1) is 16.4. The normalized spacial score (nSPS) is 15.2. The van der Waals surface area contributed by atoms with Gasteiger partial charge in [0, 0.05) is 20.2 Å². The summed E-state index contributed by atoms with van der Waals surface area (Å²) in [6.45, 7) is 1.26. The Morgan fingerprint density at radius 1 is 1.14 bits per heavy atom. The van der Waals surface area contributed by atoms with E-state index in [0.29, 0.717) is 39.0 Å². The van der Waals surface area contributed by atoms with E-state index in [1.165, 1.54) is 12.1 Å². The molecule has 1 aromatic rings. The van der Waals surface area contributed by atoms with Crippen molar-refractivity contribution in [3.05, 3.63) is 35.6 Å². The molecule has 1 saturated carbocycles. The van der Waals surface area contributed by atoms with Crippen LogP contribution in [0.5, 0.6) is 0 Å². The molecule has 0 atom stereocenters. The van der Waals surface area contributed by atoms with Gasteiger partial charge in [-0.15, -0.1) is 0 Å². The first-order chi connectivity index (χ1) is 10.6. The van der Waals surface area contributed by atoms with Gasteiger partial charge in [0.05, 0.1) is 6.61 Å². The number of nitrogens with one attached hydrogen (secondary N) is 2. The van der Waals surface area contributed by atoms with Crippen LogP contribution >= 0.6 is 0 Å². The number of methoxy groups -OCH3 is 1. The molecule has 1 aliphatic carbocycles. The van der Waals surface area contributed by atoms with Crippen LogP contribution in [0.15, 0.2) is 24.3 Å². The first-order valence-corrected chi connectivity index (χ1v) is 7.38. The highest BCUT2D eigenvalue weighted by Crippen LogP contribution is 2.46. The average molecular weight is 308 g/mol. The van der Waals surface area contributed by atoms with E-state index < -0.39 is 5.41 Å². The van der Waals surface area contributed by atoms with Crippen molar-refractivity contribution in [3.63, 3.8) is 0 Å². The van der Waals surface area contributed by atoms with E-state index in [4.69, 9.17) is 4.74 Å². The van der Waals surface area contributed by atoms with Gasteiger partial charge in [-0.25, -0.2) is 4.39 Å². The molecule has 2 N–H and O–H groups in total. The number of hydrogen-bond donors (Lipinski definition) is 2. The molecule has 0 spiro atoms. The minimum absolute atomic E-state index is 0.232. The van der Waals surface area contributed by atoms with Gasteiger partial charge in [0.2, 0.25) is 11.8 Å². The summed E-state index contributed by atoms with van der Waals surface area (Å²) < 4.78 is 17.7. The zero-order valence-electron chi connectivity index (χ0n) is 12.7. The van der Waals surface area contributed by atoms with E-state index >= 15 is 0 Å². The second-order valence-corrected chi connectivity index (χ2v) is 5.46. The fraction of sp³-hybridized carbons (Fsp3) is 0.500. The molecule has 2 amide bonds. The molecule has 6 heteroatoms. The van der Waals surface area contributed by atoms with Gasteiger partial charge in [0.25, 0.3) is 0 Å². The second-order valence-electron chi connectivity index (χ2n) is 5.46. The van der Waals surface area contributed by atoms with Gasteiger partial charge in [-0.05, 0) is 37.0 Å². The summed E-state index contributed by atoms with van der Waals surface area (Å²) in [5, 5.41) is 5.51. The summed E-state index contributed by atoms with van der Waals surface area (Å²) in [6, 6.07) is 6.16. The van der Waals surface area contributed by atoms with Crippen LogP contribution in [-0.2, 0) is 20.7 Å². The van der Waals surface area contributed by atoms with E-state index in [0.717, 1.165) is 5.56 Å². The zero-order valence-corrected chi connectivity index (χ0v) is 12.7. The summed E-state index contributed by atoms with van der Waals surface area (Å²) in [7, 11) is 1.56. The lowest BCUT2D eigenvalue weighted by atomic mass is 10.0. The number of hydrogen-bond acceptors (Lipinski definition) is 3. The predicted octanol–water partition coefficient (Wildman–Crippen LogP) is 1.03. The molecular formula is C16H21FN2O3. The lowest BCUT2D eigenvalue weighted by Gasteiger charge is -2.15. The van der Waals surface area contributed by atoms with Crippen LogP contribution in [0.2, 0.25) is 0 Å². The van der Waals surface area contributed by atoms with Crippen LogP contribution in [0.25, 0.3) is 0 Å². The summed E-state index contributed by atoms with van der Waals surface area (Å²) in [4.78, 5) is 24.2. The summed E-state index contributed by atoms with van der Waals surface area (Å²) in [5.41, 5.74) is 0.0346. The molecule has 1 aliphatic rings. The Bertz CT molecular complexity index is 527. The molecule has 5 nitrogen and oxygen atoms in total. The van der Waals surface area contributed by atoms with Crippen molar-refractivity contribution in [3.8, 4) is 0 Å². The summed E-state index contributed by atoms with van der Waals surface area (Å²) >= 11 is 0. The van der Waals surface area contributed by atoms with Crippen LogP contribution in [0.1, 0.15) is 18.4 Å². The third-order valence-electron chi connectivity index (χ3n) is 3.82. The molecule has 22 heavy (non-hydrogen) atoms. The van der Waals surface area contributed by atoms with Crippen molar-refractivity contribution in [2.24, 2.45) is 5.41 Å². The third-order valence-corrected chi connectivity index (χ3v) is 3.82. The molecule has 0 unspecified atom stereocenters. The van der Waals surface area contributed by atoms with Gasteiger partial charge in [-0.1, -0.05) is 12.1 Å². The van der Waals surface area contributed by atoms with E-state index in [2.05, 4.69) is 10.6 Å². The molecule has 0 heterocycles. The number of halogens is 1. The van der Waals surface area contributed by atoms with Gasteiger partial charge in [0.1, 0.15) is 11.2 Å². The van der Waals surface area contributed by atoms with Gasteiger partial charge in [0.15, 0.2) is 0 Å². The number of carbonyl (C=O) groups excluding carboxylic acids is 2. The van der Waals surface area contributed by atoms with Crippen LogP contribution in [-0.4, -0.2) is 38.6 Å². The maximum Gasteiger partial charge on any atom is 0.235 e. The van der Waals surface area contributed by atoms with Crippen LogP contribution in [0.4, 0.5) is 4.39 Å². The van der Waals surface area contributed by atoms with Gasteiger partial charge in [-0.3, -0.25) is 9.59 Å². The molecule has 2 rings (SSSR count). The van der Waals surface area contributed by atoms with Gasteiger partial charge >= 0.3 is 0 Å². The molecule has 0 radical (unpaired) electrons. The van der Waals surface area contributed by atoms with Crippen LogP contribution in [0.3, 0.4) is 0 Å². The lowest BCUT2D eigenvalue weighted by Crippen LogP contribution is -2.44. The van der Waals surface area contributed by atoms with E-state index in [-0.39, 0.29) is 17.6 Å². The van der Waals surface area contributed by atoms with Crippen molar-refractivity contribution in [1.82, 2.24) is 10.6 Å². The van der Waals surface area contributed by atoms with Crippen LogP contribution in [0, 0.1) is 11.2 Å². The topological polar surface area (TPSA) is 67.4 Å². The highest BCUT2D eigenvalue weighted by molar-refractivity contribution is 6.07. The fourth-order valence-electron chi connectivity index (χ4n) is 2.26. The Morgan fingerprint density at radius 3 is 2.27 bits per heavy atom. The minimum Gasteiger partial charge on any atom is -0.383 e. The number of amides is 2. The maximum absolute atomic E-state index is 12.8. The highest BCUT2D eigenvalue weighted by Gasteiger charge is 2.56. The van der Waals surface area contributed by atoms with E-state index in [1.807, 2.05) is 0 Å². The smallest absolute Gasteiger partial charge is 0.235 e. The van der Waals surface area contributed by atoms with E-state index in [9.17, 15) is 14.0 Å².